The Morgan fingerprint density at radius 2 is 1.62 bits per heavy atom. The molecule has 12 nitrogen and oxygen atoms in total. The van der Waals surface area contributed by atoms with Crippen LogP contribution in [-0.4, -0.2) is 87.4 Å². The number of ether oxygens (including phenoxy) is 1. The van der Waals surface area contributed by atoms with Gasteiger partial charge in [-0.15, -0.1) is 0 Å². The van der Waals surface area contributed by atoms with Crippen molar-refractivity contribution in [2.75, 3.05) is 31.1 Å². The van der Waals surface area contributed by atoms with Crippen LogP contribution in [-0.2, 0) is 41.1 Å². The van der Waals surface area contributed by atoms with Crippen LogP contribution in [0.3, 0.4) is 0 Å². The summed E-state index contributed by atoms with van der Waals surface area (Å²) in [4.78, 5) is 47.3. The Morgan fingerprint density at radius 3 is 2.19 bits per heavy atom. The van der Waals surface area contributed by atoms with Crippen LogP contribution in [0.2, 0.25) is 10.0 Å². The monoisotopic (exact) mass is 765 g/mol. The Balaban J connectivity index is 1.17. The first-order chi connectivity index (χ1) is 22.2. The molecule has 2 aliphatic heterocycles. The number of halogens is 3. The topological polar surface area (TPSA) is 142 Å². The van der Waals surface area contributed by atoms with Gasteiger partial charge in [0.15, 0.2) is 16.2 Å². The second-order valence-electron chi connectivity index (χ2n) is 12.7. The van der Waals surface area contributed by atoms with Crippen LogP contribution in [0.15, 0.2) is 58.2 Å². The number of anilines is 2. The van der Waals surface area contributed by atoms with Gasteiger partial charge in [-0.05, 0) is 55.7 Å². The van der Waals surface area contributed by atoms with E-state index in [4.69, 9.17) is 27.9 Å². The van der Waals surface area contributed by atoms with Crippen molar-refractivity contribution in [3.63, 3.8) is 0 Å². The highest BCUT2D eigenvalue weighted by molar-refractivity contribution is 9.10. The molecule has 4 aliphatic rings. The summed E-state index contributed by atoms with van der Waals surface area (Å²) >= 11 is 16.0. The molecule has 0 bridgehead atoms. The third-order valence-electron chi connectivity index (χ3n) is 9.25. The number of aromatic nitrogens is 2. The smallest absolute Gasteiger partial charge is 0.339 e. The minimum atomic E-state index is -4.22. The van der Waals surface area contributed by atoms with Crippen molar-refractivity contribution in [1.29, 1.82) is 0 Å². The number of hydrogen-bond acceptors (Lipinski definition) is 8. The Morgan fingerprint density at radius 1 is 1.00 bits per heavy atom. The zero-order chi connectivity index (χ0) is 33.5. The number of carbonyl (C=O) groups is 3. The SMILES string of the molecule is CC1(Cc2ccc(Br)cc2)C(=O)N(c2cc(Cl)cc(Cl)c2)c2ncc(S(=O)(=O)N3CCN(C(=O)C4(OC(=O)C5(O)CC5)CC4)CC3)n21. The molecule has 3 fully saturated rings. The Labute approximate surface area is 289 Å². The molecule has 2 aliphatic carbocycles. The molecule has 2 aromatic carbocycles. The summed E-state index contributed by atoms with van der Waals surface area (Å²) in [5, 5.41) is 10.5. The van der Waals surface area contributed by atoms with E-state index in [1.54, 1.807) is 19.1 Å². The number of sulfonamides is 1. The number of benzene rings is 2. The predicted octanol–water partition coefficient (Wildman–Crippen LogP) is 4.02. The second kappa shape index (κ2) is 11.3. The summed E-state index contributed by atoms with van der Waals surface area (Å²) in [5.41, 5.74) is -3.06. The van der Waals surface area contributed by atoms with Gasteiger partial charge in [-0.3, -0.25) is 14.2 Å². The van der Waals surface area contributed by atoms with Gasteiger partial charge in [-0.25, -0.2) is 23.1 Å². The fourth-order valence-electron chi connectivity index (χ4n) is 6.23. The van der Waals surface area contributed by atoms with E-state index in [2.05, 4.69) is 20.9 Å². The van der Waals surface area contributed by atoms with Crippen LogP contribution in [0.5, 0.6) is 0 Å². The van der Waals surface area contributed by atoms with Crippen LogP contribution < -0.4 is 4.90 Å². The lowest BCUT2D eigenvalue weighted by molar-refractivity contribution is -0.172. The van der Waals surface area contributed by atoms with Gasteiger partial charge in [-0.2, -0.15) is 4.31 Å². The van der Waals surface area contributed by atoms with Crippen molar-refractivity contribution in [2.24, 2.45) is 0 Å². The molecule has 2 amide bonds. The number of nitrogens with zero attached hydrogens (tertiary/aromatic N) is 5. The molecule has 1 unspecified atom stereocenters. The van der Waals surface area contributed by atoms with E-state index in [0.29, 0.717) is 41.4 Å². The predicted molar refractivity (Wildman–Crippen MR) is 175 cm³/mol. The summed E-state index contributed by atoms with van der Waals surface area (Å²) in [6.07, 6.45) is 2.73. The van der Waals surface area contributed by atoms with E-state index in [1.165, 1.54) is 30.9 Å². The zero-order valence-electron chi connectivity index (χ0n) is 25.2. The van der Waals surface area contributed by atoms with Crippen molar-refractivity contribution in [2.45, 2.75) is 60.8 Å². The van der Waals surface area contributed by atoms with Gasteiger partial charge in [0, 0.05) is 60.0 Å². The molecule has 1 saturated heterocycles. The van der Waals surface area contributed by atoms with Gasteiger partial charge >= 0.3 is 5.97 Å². The Hall–Kier alpha value is -3.01. The van der Waals surface area contributed by atoms with E-state index < -0.39 is 38.6 Å². The van der Waals surface area contributed by atoms with Crippen molar-refractivity contribution < 1.29 is 32.6 Å². The highest BCUT2D eigenvalue weighted by atomic mass is 79.9. The summed E-state index contributed by atoms with van der Waals surface area (Å²) < 4.78 is 37.6. The van der Waals surface area contributed by atoms with Gasteiger partial charge in [0.05, 0.1) is 11.9 Å². The fourth-order valence-corrected chi connectivity index (χ4v) is 8.62. The number of rotatable bonds is 8. The standard InChI is InChI=1S/C31H30BrCl2N5O7S/c1-29(17-19-2-4-20(32)5-3-19)25(40)38(23-15-21(33)14-22(34)16-23)28-35-18-24(39(28)29)47(44,45)37-12-10-36(11-13-37)26(41)31(8-9-31)46-27(42)30(43)6-7-30/h2-5,14-16,18,43H,6-13,17H2,1H3. The third kappa shape index (κ3) is 5.56. The Kier molecular flexibility index (Phi) is 7.80. The Bertz CT molecular complexity index is 1900. The summed E-state index contributed by atoms with van der Waals surface area (Å²) in [6.45, 7) is 1.79. The van der Waals surface area contributed by atoms with E-state index in [0.717, 1.165) is 10.0 Å². The van der Waals surface area contributed by atoms with Crippen molar-refractivity contribution in [3.8, 4) is 0 Å². The molecule has 1 atom stereocenters. The van der Waals surface area contributed by atoms with Gasteiger partial charge in [0.25, 0.3) is 21.8 Å². The average molecular weight is 767 g/mol. The molecule has 2 saturated carbocycles. The maximum Gasteiger partial charge on any atom is 0.339 e. The van der Waals surface area contributed by atoms with Crippen molar-refractivity contribution >= 4 is 78.6 Å². The van der Waals surface area contributed by atoms with E-state index in [9.17, 15) is 27.9 Å². The lowest BCUT2D eigenvalue weighted by Crippen LogP contribution is -2.54. The quantitative estimate of drug-likeness (QED) is 0.339. The van der Waals surface area contributed by atoms with E-state index >= 15 is 0 Å². The number of piperazine rings is 1. The fraction of sp³-hybridized carbons (Fsp3) is 0.419. The largest absolute Gasteiger partial charge is 0.447 e. The van der Waals surface area contributed by atoms with Gasteiger partial charge in [0.1, 0.15) is 5.54 Å². The van der Waals surface area contributed by atoms with Gasteiger partial charge < -0.3 is 14.7 Å². The molecule has 3 aromatic rings. The van der Waals surface area contributed by atoms with Crippen LogP contribution >= 0.6 is 39.1 Å². The minimum absolute atomic E-state index is 0.0203. The molecule has 47 heavy (non-hydrogen) atoms. The summed E-state index contributed by atoms with van der Waals surface area (Å²) in [7, 11) is -4.22. The summed E-state index contributed by atoms with van der Waals surface area (Å²) in [6, 6.07) is 12.1. The number of aliphatic hydroxyl groups is 1. The van der Waals surface area contributed by atoms with Gasteiger partial charge in [-0.1, -0.05) is 51.3 Å². The highest BCUT2D eigenvalue weighted by Gasteiger charge is 2.60. The first-order valence-corrected chi connectivity index (χ1v) is 18.0. The maximum atomic E-state index is 14.3. The van der Waals surface area contributed by atoms with Crippen LogP contribution in [0.4, 0.5) is 11.6 Å². The van der Waals surface area contributed by atoms with Crippen molar-refractivity contribution in [3.05, 3.63) is 68.7 Å². The van der Waals surface area contributed by atoms with Gasteiger partial charge in [0.2, 0.25) is 5.95 Å². The zero-order valence-corrected chi connectivity index (χ0v) is 29.1. The second-order valence-corrected chi connectivity index (χ2v) is 16.4. The molecule has 1 N–H and O–H groups in total. The molecular weight excluding hydrogens is 737 g/mol. The molecule has 3 heterocycles. The molecule has 0 spiro atoms. The number of fused-ring (bicyclic) bond motifs is 1. The summed E-state index contributed by atoms with van der Waals surface area (Å²) in [5.74, 6) is -1.47. The third-order valence-corrected chi connectivity index (χ3v) is 12.1. The number of hydrogen-bond donors (Lipinski definition) is 1. The molecular formula is C31H30BrCl2N5O7S. The minimum Gasteiger partial charge on any atom is -0.447 e. The van der Waals surface area contributed by atoms with Crippen molar-refractivity contribution in [1.82, 2.24) is 18.8 Å². The highest BCUT2D eigenvalue weighted by Crippen LogP contribution is 2.47. The molecule has 1 aromatic heterocycles. The van der Waals surface area contributed by atoms with Crippen LogP contribution in [0, 0.1) is 0 Å². The number of amides is 2. The maximum absolute atomic E-state index is 14.3. The molecule has 16 heteroatoms. The average Bonchev–Trinajstić information content (AvgIpc) is 3.92. The molecule has 0 radical (unpaired) electrons. The van der Waals surface area contributed by atoms with E-state index in [-0.39, 0.29) is 49.5 Å². The van der Waals surface area contributed by atoms with Crippen LogP contribution in [0.25, 0.3) is 0 Å². The first kappa shape index (κ1) is 32.5. The van der Waals surface area contributed by atoms with E-state index in [1.807, 2.05) is 24.3 Å². The number of imidazole rings is 1. The van der Waals surface area contributed by atoms with Crippen LogP contribution in [0.1, 0.15) is 38.2 Å². The molecule has 7 rings (SSSR count). The first-order valence-electron chi connectivity index (χ1n) is 15.1. The molecule has 248 valence electrons. The lowest BCUT2D eigenvalue weighted by Gasteiger charge is -2.36. The normalized spacial score (nSPS) is 23.0. The number of carbonyl (C=O) groups excluding carboxylic acids is 3. The lowest BCUT2D eigenvalue weighted by atomic mass is 9.92. The number of esters is 1.